The molecule has 1 amide bonds. The van der Waals surface area contributed by atoms with Crippen LogP contribution >= 0.6 is 11.8 Å². The van der Waals surface area contributed by atoms with E-state index in [4.69, 9.17) is 0 Å². The Morgan fingerprint density at radius 3 is 2.68 bits per heavy atom. The Morgan fingerprint density at radius 2 is 1.92 bits per heavy atom. The van der Waals surface area contributed by atoms with Gasteiger partial charge in [0.2, 0.25) is 0 Å². The highest BCUT2D eigenvalue weighted by Crippen LogP contribution is 2.29. The zero-order valence-electron chi connectivity index (χ0n) is 14.5. The van der Waals surface area contributed by atoms with E-state index in [0.29, 0.717) is 23.0 Å². The summed E-state index contributed by atoms with van der Waals surface area (Å²) in [6.07, 6.45) is 6.28. The summed E-state index contributed by atoms with van der Waals surface area (Å²) in [4.78, 5) is 28.8. The molecule has 1 aliphatic carbocycles. The van der Waals surface area contributed by atoms with Crippen molar-refractivity contribution in [2.24, 2.45) is 5.92 Å². The Kier molecular flexibility index (Phi) is 6.08. The molecule has 0 spiro atoms. The van der Waals surface area contributed by atoms with Gasteiger partial charge in [0.05, 0.1) is 11.1 Å². The Hall–Kier alpha value is -1.88. The van der Waals surface area contributed by atoms with Gasteiger partial charge < -0.3 is 5.32 Å². The second-order valence-corrected chi connectivity index (χ2v) is 7.90. The number of carbonyl (C=O) groups is 2. The molecule has 0 radical (unpaired) electrons. The van der Waals surface area contributed by atoms with Crippen LogP contribution in [0.5, 0.6) is 0 Å². The first-order valence-corrected chi connectivity index (χ1v) is 9.96. The van der Waals surface area contributed by atoms with Crippen molar-refractivity contribution >= 4 is 33.7 Å². The number of nitrogens with one attached hydrogen (secondary N) is 1. The highest BCUT2D eigenvalue weighted by Gasteiger charge is 2.24. The number of carbonyl (C=O) groups excluding carboxylic acids is 2. The molecule has 3 rings (SSSR count). The van der Waals surface area contributed by atoms with Crippen LogP contribution in [0.3, 0.4) is 0 Å². The van der Waals surface area contributed by atoms with Crippen LogP contribution < -0.4 is 5.32 Å². The van der Waals surface area contributed by atoms with Gasteiger partial charge >= 0.3 is 0 Å². The second-order valence-electron chi connectivity index (χ2n) is 6.58. The van der Waals surface area contributed by atoms with Crippen molar-refractivity contribution in [2.75, 3.05) is 5.75 Å². The molecule has 1 aromatic heterocycles. The Bertz CT molecular complexity index is 749. The summed E-state index contributed by atoms with van der Waals surface area (Å²) < 4.78 is 0. The number of para-hydroxylation sites is 1. The highest BCUT2D eigenvalue weighted by molar-refractivity contribution is 8.13. The molecule has 0 saturated heterocycles. The number of aromatic nitrogens is 1. The van der Waals surface area contributed by atoms with E-state index < -0.39 is 0 Å². The topological polar surface area (TPSA) is 59.1 Å². The van der Waals surface area contributed by atoms with E-state index >= 15 is 0 Å². The SMILES string of the molecule is CCSC(=O)C[C@H]1CC[C@H](NC(=O)c2ccnc3ccccc23)CC1. The van der Waals surface area contributed by atoms with Gasteiger partial charge in [0, 0.05) is 24.0 Å². The number of hydrogen-bond acceptors (Lipinski definition) is 4. The van der Waals surface area contributed by atoms with Crippen LogP contribution in [-0.2, 0) is 4.79 Å². The van der Waals surface area contributed by atoms with Gasteiger partial charge in [-0.15, -0.1) is 0 Å². The molecule has 0 atom stereocenters. The molecule has 2 aromatic rings. The number of rotatable bonds is 5. The van der Waals surface area contributed by atoms with E-state index in [1.54, 1.807) is 12.3 Å². The first kappa shape index (κ1) is 17.9. The number of amides is 1. The van der Waals surface area contributed by atoms with Gasteiger partial charge in [0.15, 0.2) is 5.12 Å². The average molecular weight is 356 g/mol. The molecule has 5 heteroatoms. The summed E-state index contributed by atoms with van der Waals surface area (Å²) in [5.41, 5.74) is 1.52. The van der Waals surface area contributed by atoms with Crippen LogP contribution in [-0.4, -0.2) is 27.8 Å². The smallest absolute Gasteiger partial charge is 0.252 e. The standard InChI is InChI=1S/C20H24N2O2S/c1-2-25-19(23)13-14-7-9-15(10-8-14)22-20(24)17-11-12-21-18-6-4-3-5-16(17)18/h3-6,11-12,14-15H,2,7-10,13H2,1H3,(H,22,24)/t14-,15-. The van der Waals surface area contributed by atoms with E-state index in [-0.39, 0.29) is 11.9 Å². The summed E-state index contributed by atoms with van der Waals surface area (Å²) in [5, 5.41) is 4.36. The summed E-state index contributed by atoms with van der Waals surface area (Å²) in [6, 6.07) is 9.69. The van der Waals surface area contributed by atoms with E-state index in [9.17, 15) is 9.59 Å². The fraction of sp³-hybridized carbons (Fsp3) is 0.450. The second kappa shape index (κ2) is 8.48. The number of pyridine rings is 1. The van der Waals surface area contributed by atoms with Crippen molar-refractivity contribution in [3.63, 3.8) is 0 Å². The minimum Gasteiger partial charge on any atom is -0.349 e. The van der Waals surface area contributed by atoms with Crippen molar-refractivity contribution in [1.29, 1.82) is 0 Å². The third-order valence-electron chi connectivity index (χ3n) is 4.84. The zero-order chi connectivity index (χ0) is 17.6. The van der Waals surface area contributed by atoms with Gasteiger partial charge in [-0.05, 0) is 49.5 Å². The van der Waals surface area contributed by atoms with Crippen molar-refractivity contribution in [3.05, 3.63) is 42.1 Å². The molecular formula is C20H24N2O2S. The summed E-state index contributed by atoms with van der Waals surface area (Å²) in [5.74, 6) is 1.30. The lowest BCUT2D eigenvalue weighted by molar-refractivity contribution is -0.112. The molecule has 1 aliphatic rings. The lowest BCUT2D eigenvalue weighted by Gasteiger charge is -2.28. The minimum absolute atomic E-state index is 0.0281. The van der Waals surface area contributed by atoms with Crippen molar-refractivity contribution < 1.29 is 9.59 Å². The molecule has 0 unspecified atom stereocenters. The Balaban J connectivity index is 1.57. The number of nitrogens with zero attached hydrogens (tertiary/aromatic N) is 1. The fourth-order valence-corrected chi connectivity index (χ4v) is 4.20. The minimum atomic E-state index is -0.0281. The van der Waals surface area contributed by atoms with E-state index in [2.05, 4.69) is 10.3 Å². The van der Waals surface area contributed by atoms with Crippen molar-refractivity contribution in [2.45, 2.75) is 45.1 Å². The lowest BCUT2D eigenvalue weighted by atomic mass is 9.84. The molecule has 0 bridgehead atoms. The van der Waals surface area contributed by atoms with E-state index in [1.165, 1.54) is 11.8 Å². The van der Waals surface area contributed by atoms with Crippen LogP contribution in [0.4, 0.5) is 0 Å². The third-order valence-corrected chi connectivity index (χ3v) is 5.61. The number of fused-ring (bicyclic) bond motifs is 1. The van der Waals surface area contributed by atoms with Crippen molar-refractivity contribution in [1.82, 2.24) is 10.3 Å². The molecule has 4 nitrogen and oxygen atoms in total. The van der Waals surface area contributed by atoms with Crippen LogP contribution in [0.2, 0.25) is 0 Å². The molecule has 1 heterocycles. The lowest BCUT2D eigenvalue weighted by Crippen LogP contribution is -2.38. The van der Waals surface area contributed by atoms with E-state index in [0.717, 1.165) is 42.3 Å². The first-order valence-electron chi connectivity index (χ1n) is 8.97. The Morgan fingerprint density at radius 1 is 1.16 bits per heavy atom. The van der Waals surface area contributed by atoms with Crippen LogP contribution in [0.25, 0.3) is 10.9 Å². The maximum absolute atomic E-state index is 12.7. The third kappa shape index (κ3) is 4.60. The Labute approximate surface area is 152 Å². The predicted molar refractivity (Wildman–Crippen MR) is 103 cm³/mol. The molecule has 1 N–H and O–H groups in total. The van der Waals surface area contributed by atoms with Gasteiger partial charge in [-0.25, -0.2) is 0 Å². The molecule has 1 saturated carbocycles. The largest absolute Gasteiger partial charge is 0.349 e. The maximum Gasteiger partial charge on any atom is 0.252 e. The number of thioether (sulfide) groups is 1. The fourth-order valence-electron chi connectivity index (χ4n) is 3.52. The summed E-state index contributed by atoms with van der Waals surface area (Å²) in [7, 11) is 0. The van der Waals surface area contributed by atoms with Crippen LogP contribution in [0.1, 0.15) is 49.4 Å². The monoisotopic (exact) mass is 356 g/mol. The molecule has 25 heavy (non-hydrogen) atoms. The van der Waals surface area contributed by atoms with Gasteiger partial charge in [-0.2, -0.15) is 0 Å². The van der Waals surface area contributed by atoms with Crippen LogP contribution in [0, 0.1) is 5.92 Å². The predicted octanol–water partition coefficient (Wildman–Crippen LogP) is 4.19. The number of hydrogen-bond donors (Lipinski definition) is 1. The summed E-state index contributed by atoms with van der Waals surface area (Å²) >= 11 is 1.42. The summed E-state index contributed by atoms with van der Waals surface area (Å²) in [6.45, 7) is 2.01. The van der Waals surface area contributed by atoms with Gasteiger partial charge in [0.25, 0.3) is 5.91 Å². The van der Waals surface area contributed by atoms with Crippen LogP contribution in [0.15, 0.2) is 36.5 Å². The molecule has 1 aromatic carbocycles. The normalized spacial score (nSPS) is 20.4. The van der Waals surface area contributed by atoms with Gasteiger partial charge in [-0.3, -0.25) is 14.6 Å². The molecule has 132 valence electrons. The number of benzene rings is 1. The maximum atomic E-state index is 12.7. The molecule has 1 fully saturated rings. The van der Waals surface area contributed by atoms with Gasteiger partial charge in [-0.1, -0.05) is 36.9 Å². The zero-order valence-corrected chi connectivity index (χ0v) is 15.3. The average Bonchev–Trinajstić information content (AvgIpc) is 2.63. The quantitative estimate of drug-likeness (QED) is 0.872. The molecule has 0 aliphatic heterocycles. The van der Waals surface area contributed by atoms with Crippen molar-refractivity contribution in [3.8, 4) is 0 Å². The van der Waals surface area contributed by atoms with Gasteiger partial charge in [0.1, 0.15) is 0 Å². The highest BCUT2D eigenvalue weighted by atomic mass is 32.2. The first-order chi connectivity index (χ1) is 12.2. The van der Waals surface area contributed by atoms with E-state index in [1.807, 2.05) is 31.2 Å². The molecular weight excluding hydrogens is 332 g/mol.